The van der Waals surface area contributed by atoms with E-state index in [2.05, 4.69) is 65.1 Å². The van der Waals surface area contributed by atoms with Crippen molar-refractivity contribution in [3.63, 3.8) is 0 Å². The van der Waals surface area contributed by atoms with Gasteiger partial charge in [0.2, 0.25) is 5.91 Å². The van der Waals surface area contributed by atoms with Gasteiger partial charge in [-0.2, -0.15) is 0 Å². The van der Waals surface area contributed by atoms with Crippen LogP contribution in [0, 0.1) is 0 Å². The molecule has 188 valence electrons. The van der Waals surface area contributed by atoms with Crippen molar-refractivity contribution < 1.29 is 4.79 Å². The maximum atomic E-state index is 13.4. The van der Waals surface area contributed by atoms with Gasteiger partial charge in [-0.25, -0.2) is 4.98 Å². The number of rotatable bonds is 5. The number of imidazole rings is 1. The van der Waals surface area contributed by atoms with Gasteiger partial charge in [-0.3, -0.25) is 4.79 Å². The molecule has 1 aromatic heterocycles. The van der Waals surface area contributed by atoms with E-state index in [-0.39, 0.29) is 23.3 Å². The predicted octanol–water partition coefficient (Wildman–Crippen LogP) is 8.17. The van der Waals surface area contributed by atoms with Crippen LogP contribution in [0.2, 0.25) is 10.0 Å². The second-order valence-corrected chi connectivity index (χ2v) is 12.1. The number of hydrogen-bond acceptors (Lipinski definition) is 2. The van der Waals surface area contributed by atoms with Crippen LogP contribution in [0.4, 0.5) is 5.69 Å². The lowest BCUT2D eigenvalue weighted by Crippen LogP contribution is -2.22. The smallest absolute Gasteiger partial charge is 0.244 e. The van der Waals surface area contributed by atoms with E-state index in [1.54, 1.807) is 0 Å². The zero-order chi connectivity index (χ0) is 26.3. The van der Waals surface area contributed by atoms with Gasteiger partial charge in [0.05, 0.1) is 11.0 Å². The van der Waals surface area contributed by atoms with E-state index in [1.165, 1.54) is 11.1 Å². The molecule has 1 heterocycles. The number of anilines is 1. The Morgan fingerprint density at radius 2 is 1.44 bits per heavy atom. The van der Waals surface area contributed by atoms with Crippen LogP contribution in [0.5, 0.6) is 0 Å². The first-order valence-corrected chi connectivity index (χ1v) is 12.9. The van der Waals surface area contributed by atoms with Gasteiger partial charge in [0.1, 0.15) is 12.4 Å². The lowest BCUT2D eigenvalue weighted by molar-refractivity contribution is -0.116. The summed E-state index contributed by atoms with van der Waals surface area (Å²) in [5.41, 5.74) is 5.62. The molecule has 0 aliphatic carbocycles. The lowest BCUT2D eigenvalue weighted by atomic mass is 9.80. The van der Waals surface area contributed by atoms with Gasteiger partial charge in [0.15, 0.2) is 0 Å². The van der Waals surface area contributed by atoms with Crippen LogP contribution >= 0.6 is 23.2 Å². The molecule has 0 spiro atoms. The van der Waals surface area contributed by atoms with Crippen LogP contribution < -0.4 is 5.32 Å². The summed E-state index contributed by atoms with van der Waals surface area (Å²) in [4.78, 5) is 18.2. The van der Waals surface area contributed by atoms with E-state index >= 15 is 0 Å². The highest BCUT2D eigenvalue weighted by Gasteiger charge is 2.22. The van der Waals surface area contributed by atoms with E-state index in [4.69, 9.17) is 28.2 Å². The van der Waals surface area contributed by atoms with E-state index < -0.39 is 0 Å². The van der Waals surface area contributed by atoms with Crippen molar-refractivity contribution in [2.75, 3.05) is 5.32 Å². The Morgan fingerprint density at radius 1 is 0.861 bits per heavy atom. The third kappa shape index (κ3) is 5.77. The maximum absolute atomic E-state index is 13.4. The molecule has 1 N–H and O–H groups in total. The Balaban J connectivity index is 1.68. The molecule has 0 unspecified atom stereocenters. The summed E-state index contributed by atoms with van der Waals surface area (Å²) in [7, 11) is 0. The zero-order valence-corrected chi connectivity index (χ0v) is 23.3. The molecule has 0 saturated heterocycles. The van der Waals surface area contributed by atoms with Gasteiger partial charge in [-0.05, 0) is 63.9 Å². The largest absolute Gasteiger partial charge is 0.325 e. The Hall–Kier alpha value is -2.82. The molecule has 0 atom stereocenters. The van der Waals surface area contributed by atoms with Crippen LogP contribution in [-0.4, -0.2) is 15.5 Å². The van der Waals surface area contributed by atoms with Gasteiger partial charge >= 0.3 is 0 Å². The maximum Gasteiger partial charge on any atom is 0.244 e. The zero-order valence-electron chi connectivity index (χ0n) is 21.7. The predicted molar refractivity (Wildman–Crippen MR) is 151 cm³/mol. The summed E-state index contributed by atoms with van der Waals surface area (Å²) >= 11 is 12.9. The van der Waals surface area contributed by atoms with Crippen LogP contribution in [0.3, 0.4) is 0 Å². The summed E-state index contributed by atoms with van der Waals surface area (Å²) in [6.45, 7) is 13.2. The average molecular weight is 523 g/mol. The fraction of sp³-hybridized carbons (Fsp3) is 0.333. The molecule has 0 bridgehead atoms. The second kappa shape index (κ2) is 9.91. The molecule has 0 radical (unpaired) electrons. The summed E-state index contributed by atoms with van der Waals surface area (Å²) in [6, 6.07) is 19.7. The normalized spacial score (nSPS) is 12.2. The van der Waals surface area contributed by atoms with Gasteiger partial charge in [0, 0.05) is 22.2 Å². The molecule has 3 aromatic carbocycles. The van der Waals surface area contributed by atoms with E-state index in [0.717, 1.165) is 28.1 Å². The minimum absolute atomic E-state index is 0.0390. The second-order valence-electron chi connectivity index (χ2n) is 11.3. The van der Waals surface area contributed by atoms with Crippen molar-refractivity contribution >= 4 is 45.8 Å². The lowest BCUT2D eigenvalue weighted by Gasteiger charge is -2.26. The first kappa shape index (κ1) is 26.2. The number of fused-ring (bicyclic) bond motifs is 1. The number of carbonyl (C=O) groups excluding carboxylic acids is 1. The Bertz CT molecular complexity index is 1370. The van der Waals surface area contributed by atoms with E-state index in [1.807, 2.05) is 47.0 Å². The molecule has 36 heavy (non-hydrogen) atoms. The number of aromatic nitrogens is 2. The fourth-order valence-corrected chi connectivity index (χ4v) is 4.74. The third-order valence-electron chi connectivity index (χ3n) is 6.38. The van der Waals surface area contributed by atoms with Crippen LogP contribution in [0.25, 0.3) is 11.0 Å². The molecule has 6 heteroatoms. The van der Waals surface area contributed by atoms with Gasteiger partial charge in [0.25, 0.3) is 0 Å². The molecule has 0 aliphatic rings. The molecule has 4 nitrogen and oxygen atoms in total. The van der Waals surface area contributed by atoms with Crippen molar-refractivity contribution in [1.29, 1.82) is 0 Å². The molecule has 4 rings (SSSR count). The first-order chi connectivity index (χ1) is 16.8. The van der Waals surface area contributed by atoms with Crippen LogP contribution in [-0.2, 0) is 28.6 Å². The summed E-state index contributed by atoms with van der Waals surface area (Å²) in [6.07, 6.45) is 0.425. The van der Waals surface area contributed by atoms with Crippen molar-refractivity contribution in [3.8, 4) is 0 Å². The summed E-state index contributed by atoms with van der Waals surface area (Å²) in [5.74, 6) is 0.621. The molecular formula is C30H33Cl2N3O. The number of carbonyl (C=O) groups is 1. The van der Waals surface area contributed by atoms with E-state index in [9.17, 15) is 4.79 Å². The van der Waals surface area contributed by atoms with Crippen molar-refractivity contribution in [1.82, 2.24) is 9.55 Å². The monoisotopic (exact) mass is 521 g/mol. The van der Waals surface area contributed by atoms with Crippen molar-refractivity contribution in [2.45, 2.75) is 65.3 Å². The van der Waals surface area contributed by atoms with Gasteiger partial charge in [-0.1, -0.05) is 89.0 Å². The van der Waals surface area contributed by atoms with Crippen LogP contribution in [0.15, 0.2) is 60.7 Å². The SMILES string of the molecule is CC(C)(C)c1cc(NC(=O)Cn2c(Cc3c(Cl)cccc3Cl)nc3ccccc32)cc(C(C)(C)C)c1. The van der Waals surface area contributed by atoms with Crippen molar-refractivity contribution in [3.05, 3.63) is 93.2 Å². The number of halogens is 2. The topological polar surface area (TPSA) is 46.9 Å². The number of para-hydroxylation sites is 2. The number of benzene rings is 3. The summed E-state index contributed by atoms with van der Waals surface area (Å²) in [5, 5.41) is 4.31. The highest BCUT2D eigenvalue weighted by molar-refractivity contribution is 6.36. The molecular weight excluding hydrogens is 489 g/mol. The summed E-state index contributed by atoms with van der Waals surface area (Å²) < 4.78 is 1.95. The highest BCUT2D eigenvalue weighted by atomic mass is 35.5. The molecule has 0 aliphatic heterocycles. The van der Waals surface area contributed by atoms with Crippen LogP contribution in [0.1, 0.15) is 64.1 Å². The average Bonchev–Trinajstić information content (AvgIpc) is 3.12. The fourth-order valence-electron chi connectivity index (χ4n) is 4.21. The van der Waals surface area contributed by atoms with Crippen molar-refractivity contribution in [2.24, 2.45) is 0 Å². The Kier molecular flexibility index (Phi) is 7.23. The number of nitrogens with one attached hydrogen (secondary N) is 1. The van der Waals surface area contributed by atoms with Gasteiger partial charge < -0.3 is 9.88 Å². The number of nitrogens with zero attached hydrogens (tertiary/aromatic N) is 2. The minimum atomic E-state index is -0.115. The molecule has 0 saturated carbocycles. The number of amides is 1. The Morgan fingerprint density at radius 3 is 2.03 bits per heavy atom. The van der Waals surface area contributed by atoms with Gasteiger partial charge in [-0.15, -0.1) is 0 Å². The minimum Gasteiger partial charge on any atom is -0.325 e. The standard InChI is InChI=1S/C30H33Cl2N3O/c1-29(2,3)19-14-20(30(4,5)6)16-21(15-19)33-28(36)18-35-26-13-8-7-12-25(26)34-27(35)17-22-23(31)10-9-11-24(22)32/h7-16H,17-18H2,1-6H3,(H,33,36). The Labute approximate surface area is 223 Å². The third-order valence-corrected chi connectivity index (χ3v) is 7.09. The van der Waals surface area contributed by atoms with E-state index in [0.29, 0.717) is 16.5 Å². The first-order valence-electron chi connectivity index (χ1n) is 12.2. The quantitative estimate of drug-likeness (QED) is 0.287. The molecule has 1 amide bonds. The number of hydrogen-bond donors (Lipinski definition) is 1. The molecule has 0 fully saturated rings. The highest BCUT2D eigenvalue weighted by Crippen LogP contribution is 2.32. The molecule has 4 aromatic rings.